The minimum Gasteiger partial charge on any atom is -0.457 e. The Morgan fingerprint density at radius 3 is 2.54 bits per heavy atom. The number of benzene rings is 2. The highest BCUT2D eigenvalue weighted by Crippen LogP contribution is 2.26. The van der Waals surface area contributed by atoms with Crippen LogP contribution in [0.1, 0.15) is 22.8 Å². The van der Waals surface area contributed by atoms with Gasteiger partial charge in [0, 0.05) is 22.4 Å². The first-order chi connectivity index (χ1) is 12.4. The molecule has 0 fully saturated rings. The lowest BCUT2D eigenvalue weighted by Gasteiger charge is -2.10. The molecular weight excluding hydrogens is 374 g/mol. The molecule has 0 saturated carbocycles. The first-order valence-electron chi connectivity index (χ1n) is 7.78. The van der Waals surface area contributed by atoms with Crippen LogP contribution in [0.3, 0.4) is 0 Å². The molecule has 136 valence electrons. The first-order valence-corrected chi connectivity index (χ1v) is 9.39. The predicted octanol–water partition coefficient (Wildman–Crippen LogP) is 3.99. The molecule has 2 rings (SSSR count). The minimum absolute atomic E-state index is 0.00446. The maximum atomic E-state index is 12.3. The number of carbonyl (C=O) groups excluding carboxylic acids is 3. The molecule has 0 aliphatic rings. The molecule has 5 nitrogen and oxygen atoms in total. The molecule has 1 N–H and O–H groups in total. The van der Waals surface area contributed by atoms with E-state index >= 15 is 0 Å². The number of hydrogen-bond donors (Lipinski definition) is 1. The van der Waals surface area contributed by atoms with Gasteiger partial charge in [0.1, 0.15) is 0 Å². The van der Waals surface area contributed by atoms with Gasteiger partial charge in [0.2, 0.25) is 5.91 Å². The highest BCUT2D eigenvalue weighted by molar-refractivity contribution is 7.98. The lowest BCUT2D eigenvalue weighted by molar-refractivity contribution is -0.141. The Bertz CT molecular complexity index is 838. The monoisotopic (exact) mass is 391 g/mol. The molecule has 0 aliphatic carbocycles. The summed E-state index contributed by atoms with van der Waals surface area (Å²) in [5.74, 6) is -1.11. The van der Waals surface area contributed by atoms with Gasteiger partial charge in [0.25, 0.3) is 0 Å². The molecule has 2 aromatic carbocycles. The molecule has 0 aliphatic heterocycles. The van der Waals surface area contributed by atoms with E-state index in [2.05, 4.69) is 5.32 Å². The molecule has 26 heavy (non-hydrogen) atoms. The summed E-state index contributed by atoms with van der Waals surface area (Å²) in [6.45, 7) is 1.02. The number of rotatable bonds is 7. The van der Waals surface area contributed by atoms with E-state index in [1.165, 1.54) is 18.7 Å². The maximum Gasteiger partial charge on any atom is 0.310 e. The Morgan fingerprint density at radius 2 is 1.88 bits per heavy atom. The van der Waals surface area contributed by atoms with Gasteiger partial charge in [0.15, 0.2) is 12.4 Å². The Balaban J connectivity index is 2.00. The molecule has 0 radical (unpaired) electrons. The molecule has 0 bridgehead atoms. The van der Waals surface area contributed by atoms with Gasteiger partial charge in [-0.1, -0.05) is 35.9 Å². The fourth-order valence-corrected chi connectivity index (χ4v) is 2.98. The maximum absolute atomic E-state index is 12.3. The summed E-state index contributed by atoms with van der Waals surface area (Å²) in [6, 6.07) is 11.9. The summed E-state index contributed by atoms with van der Waals surface area (Å²) < 4.78 is 5.06. The lowest BCUT2D eigenvalue weighted by atomic mass is 10.1. The number of hydrogen-bond acceptors (Lipinski definition) is 5. The van der Waals surface area contributed by atoms with Gasteiger partial charge in [-0.25, -0.2) is 0 Å². The molecule has 0 saturated heterocycles. The van der Waals surface area contributed by atoms with Crippen molar-refractivity contribution in [1.29, 1.82) is 0 Å². The summed E-state index contributed by atoms with van der Waals surface area (Å²) in [6.07, 6.45) is 1.87. The Morgan fingerprint density at radius 1 is 1.15 bits per heavy atom. The zero-order valence-corrected chi connectivity index (χ0v) is 15.9. The van der Waals surface area contributed by atoms with Crippen molar-refractivity contribution in [2.24, 2.45) is 0 Å². The Labute approximate surface area is 161 Å². The average molecular weight is 392 g/mol. The van der Waals surface area contributed by atoms with Crippen LogP contribution >= 0.6 is 23.4 Å². The van der Waals surface area contributed by atoms with E-state index in [0.717, 1.165) is 4.90 Å². The van der Waals surface area contributed by atoms with Gasteiger partial charge in [-0.15, -0.1) is 11.8 Å². The van der Waals surface area contributed by atoms with Gasteiger partial charge in [-0.3, -0.25) is 14.4 Å². The second-order valence-corrected chi connectivity index (χ2v) is 6.70. The zero-order valence-electron chi connectivity index (χ0n) is 14.4. The third kappa shape index (κ3) is 5.61. The van der Waals surface area contributed by atoms with Gasteiger partial charge in [0.05, 0.1) is 12.1 Å². The molecule has 0 heterocycles. The van der Waals surface area contributed by atoms with E-state index in [1.54, 1.807) is 42.5 Å². The predicted molar refractivity (Wildman–Crippen MR) is 103 cm³/mol. The molecule has 2 aromatic rings. The summed E-state index contributed by atoms with van der Waals surface area (Å²) in [4.78, 5) is 36.3. The molecule has 0 spiro atoms. The van der Waals surface area contributed by atoms with Crippen LogP contribution in [0.25, 0.3) is 0 Å². The van der Waals surface area contributed by atoms with Gasteiger partial charge < -0.3 is 10.1 Å². The van der Waals surface area contributed by atoms with Crippen LogP contribution in [0, 0.1) is 0 Å². The fourth-order valence-electron chi connectivity index (χ4n) is 2.25. The smallest absolute Gasteiger partial charge is 0.310 e. The molecule has 0 atom stereocenters. The van der Waals surface area contributed by atoms with Crippen LogP contribution in [0.4, 0.5) is 5.69 Å². The Hall–Kier alpha value is -2.31. The van der Waals surface area contributed by atoms with E-state index in [4.69, 9.17) is 16.3 Å². The van der Waals surface area contributed by atoms with Crippen molar-refractivity contribution in [1.82, 2.24) is 0 Å². The van der Waals surface area contributed by atoms with Gasteiger partial charge in [-0.05, 0) is 30.0 Å². The van der Waals surface area contributed by atoms with Crippen molar-refractivity contribution < 1.29 is 19.1 Å². The van der Waals surface area contributed by atoms with Crippen molar-refractivity contribution in [3.63, 3.8) is 0 Å². The quantitative estimate of drug-likeness (QED) is 0.439. The van der Waals surface area contributed by atoms with E-state index in [-0.39, 0.29) is 24.7 Å². The largest absolute Gasteiger partial charge is 0.457 e. The van der Waals surface area contributed by atoms with Crippen molar-refractivity contribution in [3.8, 4) is 0 Å². The topological polar surface area (TPSA) is 72.5 Å². The van der Waals surface area contributed by atoms with E-state index < -0.39 is 5.97 Å². The summed E-state index contributed by atoms with van der Waals surface area (Å²) in [5.41, 5.74) is 1.55. The first kappa shape index (κ1) is 20.0. The number of halogens is 1. The van der Waals surface area contributed by atoms with Crippen LogP contribution < -0.4 is 5.32 Å². The zero-order chi connectivity index (χ0) is 19.1. The minimum atomic E-state index is -0.533. The average Bonchev–Trinajstić information content (AvgIpc) is 2.61. The molecule has 0 aromatic heterocycles. The number of Topliss-reactive ketones (excluding diaryl/α,β-unsaturated/α-hetero) is 1. The summed E-state index contributed by atoms with van der Waals surface area (Å²) >= 11 is 7.46. The molecular formula is C19H18ClNO4S. The SMILES string of the molecule is CSc1ccc(C(=O)COC(=O)Cc2ccccc2Cl)cc1NC(C)=O. The van der Waals surface area contributed by atoms with Crippen LogP contribution in [0.15, 0.2) is 47.4 Å². The van der Waals surface area contributed by atoms with Crippen molar-refractivity contribution in [3.05, 3.63) is 58.6 Å². The second kappa shape index (κ2) is 9.40. The standard InChI is InChI=1S/C19H18ClNO4S/c1-12(22)21-16-9-14(7-8-18(16)26-2)17(23)11-25-19(24)10-13-5-3-4-6-15(13)20/h3-9H,10-11H2,1-2H3,(H,21,22). The molecule has 1 amide bonds. The van der Waals surface area contributed by atoms with Crippen molar-refractivity contribution >= 4 is 46.7 Å². The van der Waals surface area contributed by atoms with Gasteiger partial charge >= 0.3 is 5.97 Å². The number of ether oxygens (including phenoxy) is 1. The van der Waals surface area contributed by atoms with Crippen LogP contribution in [0.2, 0.25) is 5.02 Å². The highest BCUT2D eigenvalue weighted by Gasteiger charge is 2.14. The van der Waals surface area contributed by atoms with E-state index in [1.807, 2.05) is 6.26 Å². The van der Waals surface area contributed by atoms with E-state index in [0.29, 0.717) is 21.8 Å². The van der Waals surface area contributed by atoms with Gasteiger partial charge in [-0.2, -0.15) is 0 Å². The number of ketones is 1. The summed E-state index contributed by atoms with van der Waals surface area (Å²) in [7, 11) is 0. The number of anilines is 1. The Kier molecular flexibility index (Phi) is 7.24. The highest BCUT2D eigenvalue weighted by atomic mass is 35.5. The lowest BCUT2D eigenvalue weighted by Crippen LogP contribution is -2.16. The molecule has 7 heteroatoms. The molecule has 0 unspecified atom stereocenters. The number of thioether (sulfide) groups is 1. The van der Waals surface area contributed by atoms with E-state index in [9.17, 15) is 14.4 Å². The number of esters is 1. The number of amides is 1. The van der Waals surface area contributed by atoms with Crippen molar-refractivity contribution in [2.75, 3.05) is 18.2 Å². The van der Waals surface area contributed by atoms with Crippen LogP contribution in [0.5, 0.6) is 0 Å². The van der Waals surface area contributed by atoms with Crippen molar-refractivity contribution in [2.45, 2.75) is 18.2 Å². The third-order valence-electron chi connectivity index (χ3n) is 3.49. The number of nitrogens with one attached hydrogen (secondary N) is 1. The van der Waals surface area contributed by atoms with Crippen LogP contribution in [-0.4, -0.2) is 30.5 Å². The van der Waals surface area contributed by atoms with Crippen LogP contribution in [-0.2, 0) is 20.7 Å². The summed E-state index contributed by atoms with van der Waals surface area (Å²) in [5, 5.41) is 3.16. The normalized spacial score (nSPS) is 10.3. The third-order valence-corrected chi connectivity index (χ3v) is 4.65. The second-order valence-electron chi connectivity index (χ2n) is 5.45. The number of carbonyl (C=O) groups is 3. The fraction of sp³-hybridized carbons (Fsp3) is 0.211.